The molecule has 2 N–H and O–H groups in total. The molecular weight excluding hydrogens is 254 g/mol. The molecule has 1 heterocycles. The van der Waals surface area contributed by atoms with Crippen LogP contribution in [0.3, 0.4) is 0 Å². The highest BCUT2D eigenvalue weighted by Gasteiger charge is 2.29. The molecule has 1 amide bonds. The van der Waals surface area contributed by atoms with Crippen molar-refractivity contribution in [2.45, 2.75) is 25.4 Å². The number of aliphatic hydroxyl groups is 1. The maximum absolute atomic E-state index is 11.8. The highest BCUT2D eigenvalue weighted by molar-refractivity contribution is 5.91. The van der Waals surface area contributed by atoms with E-state index in [0.29, 0.717) is 26.1 Å². The van der Waals surface area contributed by atoms with Gasteiger partial charge < -0.3 is 15.2 Å². The molecule has 2 rings (SSSR count). The van der Waals surface area contributed by atoms with E-state index in [4.69, 9.17) is 4.74 Å². The molecule has 0 aliphatic carbocycles. The van der Waals surface area contributed by atoms with Crippen LogP contribution in [0.25, 0.3) is 6.08 Å². The van der Waals surface area contributed by atoms with Crippen LogP contribution in [-0.2, 0) is 9.53 Å². The zero-order valence-electron chi connectivity index (χ0n) is 11.8. The van der Waals surface area contributed by atoms with E-state index in [0.717, 1.165) is 11.1 Å². The molecule has 0 unspecified atom stereocenters. The summed E-state index contributed by atoms with van der Waals surface area (Å²) in [4.78, 5) is 11.8. The van der Waals surface area contributed by atoms with Gasteiger partial charge in [0.05, 0.1) is 5.60 Å². The third-order valence-corrected chi connectivity index (χ3v) is 3.62. The van der Waals surface area contributed by atoms with Gasteiger partial charge in [-0.15, -0.1) is 0 Å². The van der Waals surface area contributed by atoms with Crippen molar-refractivity contribution in [3.63, 3.8) is 0 Å². The number of hydrogen-bond acceptors (Lipinski definition) is 3. The third kappa shape index (κ3) is 4.18. The Hall–Kier alpha value is -1.65. The molecule has 4 heteroatoms. The van der Waals surface area contributed by atoms with Crippen LogP contribution >= 0.6 is 0 Å². The molecule has 0 aromatic heterocycles. The molecule has 4 nitrogen and oxygen atoms in total. The lowest BCUT2D eigenvalue weighted by atomic mass is 9.94. The minimum Gasteiger partial charge on any atom is -0.388 e. The van der Waals surface area contributed by atoms with Crippen molar-refractivity contribution in [1.82, 2.24) is 5.32 Å². The summed E-state index contributed by atoms with van der Waals surface area (Å²) < 4.78 is 5.20. The van der Waals surface area contributed by atoms with Crippen molar-refractivity contribution in [3.8, 4) is 0 Å². The van der Waals surface area contributed by atoms with Crippen LogP contribution in [0.4, 0.5) is 0 Å². The summed E-state index contributed by atoms with van der Waals surface area (Å²) in [5.41, 5.74) is 1.32. The maximum atomic E-state index is 11.8. The molecular formula is C16H21NO3. The zero-order valence-corrected chi connectivity index (χ0v) is 11.8. The molecule has 1 aliphatic rings. The first kappa shape index (κ1) is 14.8. The molecule has 0 bridgehead atoms. The van der Waals surface area contributed by atoms with Gasteiger partial charge in [-0.25, -0.2) is 0 Å². The highest BCUT2D eigenvalue weighted by Crippen LogP contribution is 2.19. The lowest BCUT2D eigenvalue weighted by molar-refractivity contribution is -0.119. The van der Waals surface area contributed by atoms with Crippen molar-refractivity contribution in [1.29, 1.82) is 0 Å². The van der Waals surface area contributed by atoms with Gasteiger partial charge in [-0.1, -0.05) is 24.3 Å². The molecule has 0 radical (unpaired) electrons. The van der Waals surface area contributed by atoms with Gasteiger partial charge in [-0.05, 0) is 24.1 Å². The van der Waals surface area contributed by atoms with Crippen molar-refractivity contribution in [2.75, 3.05) is 19.8 Å². The molecule has 1 aromatic rings. The second-order valence-electron chi connectivity index (χ2n) is 5.24. The van der Waals surface area contributed by atoms with Crippen molar-refractivity contribution < 1.29 is 14.6 Å². The second kappa shape index (κ2) is 6.68. The third-order valence-electron chi connectivity index (χ3n) is 3.62. The quantitative estimate of drug-likeness (QED) is 0.822. The smallest absolute Gasteiger partial charge is 0.244 e. The first-order valence-corrected chi connectivity index (χ1v) is 6.91. The summed E-state index contributed by atoms with van der Waals surface area (Å²) in [6, 6.07) is 7.87. The van der Waals surface area contributed by atoms with Gasteiger partial charge in [-0.3, -0.25) is 4.79 Å². The highest BCUT2D eigenvalue weighted by atomic mass is 16.5. The van der Waals surface area contributed by atoms with Crippen LogP contribution in [0.15, 0.2) is 30.3 Å². The average Bonchev–Trinajstić information content (AvgIpc) is 2.45. The lowest BCUT2D eigenvalue weighted by Gasteiger charge is -2.31. The molecule has 0 saturated carbocycles. The molecule has 108 valence electrons. The number of aryl methyl sites for hydroxylation is 1. The molecule has 1 fully saturated rings. The Kier molecular flexibility index (Phi) is 4.93. The standard InChI is InChI=1S/C16H21NO3/c1-13-4-2-3-5-14(13)6-7-15(18)17-12-16(19)8-10-20-11-9-16/h2-7,19H,8-12H2,1H3,(H,17,18)/b7-6+. The second-order valence-corrected chi connectivity index (χ2v) is 5.24. The van der Waals surface area contributed by atoms with Gasteiger partial charge in [0, 0.05) is 38.7 Å². The fourth-order valence-corrected chi connectivity index (χ4v) is 2.18. The van der Waals surface area contributed by atoms with Gasteiger partial charge >= 0.3 is 0 Å². The Morgan fingerprint density at radius 3 is 2.80 bits per heavy atom. The fourth-order valence-electron chi connectivity index (χ4n) is 2.18. The van der Waals surface area contributed by atoms with E-state index in [-0.39, 0.29) is 12.5 Å². The average molecular weight is 275 g/mol. The summed E-state index contributed by atoms with van der Waals surface area (Å²) in [6.45, 7) is 3.37. The van der Waals surface area contributed by atoms with E-state index in [1.807, 2.05) is 31.2 Å². The van der Waals surface area contributed by atoms with Gasteiger partial charge in [0.2, 0.25) is 5.91 Å². The van der Waals surface area contributed by atoms with Gasteiger partial charge in [0.25, 0.3) is 0 Å². The van der Waals surface area contributed by atoms with Crippen LogP contribution in [0.2, 0.25) is 0 Å². The van der Waals surface area contributed by atoms with Crippen LogP contribution in [0.1, 0.15) is 24.0 Å². The first-order valence-electron chi connectivity index (χ1n) is 6.91. The monoisotopic (exact) mass is 275 g/mol. The molecule has 1 saturated heterocycles. The zero-order chi connectivity index (χ0) is 14.4. The Bertz CT molecular complexity index is 490. The van der Waals surface area contributed by atoms with Gasteiger partial charge in [0.15, 0.2) is 0 Å². The van der Waals surface area contributed by atoms with Gasteiger partial charge in [-0.2, -0.15) is 0 Å². The van der Waals surface area contributed by atoms with E-state index >= 15 is 0 Å². The van der Waals surface area contributed by atoms with Crippen molar-refractivity contribution in [2.24, 2.45) is 0 Å². The fraction of sp³-hybridized carbons (Fsp3) is 0.438. The summed E-state index contributed by atoms with van der Waals surface area (Å²) >= 11 is 0. The maximum Gasteiger partial charge on any atom is 0.244 e. The number of ether oxygens (including phenoxy) is 1. The summed E-state index contributed by atoms with van der Waals surface area (Å²) in [6.07, 6.45) is 4.42. The van der Waals surface area contributed by atoms with Crippen molar-refractivity contribution in [3.05, 3.63) is 41.5 Å². The molecule has 0 atom stereocenters. The molecule has 1 aliphatic heterocycles. The normalized spacial score (nSPS) is 18.1. The SMILES string of the molecule is Cc1ccccc1/C=C/C(=O)NCC1(O)CCOCC1. The minimum absolute atomic E-state index is 0.187. The van der Waals surface area contributed by atoms with E-state index in [1.165, 1.54) is 6.08 Å². The number of nitrogens with one attached hydrogen (secondary N) is 1. The Balaban J connectivity index is 1.85. The number of amides is 1. The minimum atomic E-state index is -0.829. The Labute approximate surface area is 119 Å². The van der Waals surface area contributed by atoms with E-state index in [1.54, 1.807) is 6.08 Å². The topological polar surface area (TPSA) is 58.6 Å². The number of hydrogen-bond donors (Lipinski definition) is 2. The van der Waals surface area contributed by atoms with Gasteiger partial charge in [0.1, 0.15) is 0 Å². The summed E-state index contributed by atoms with van der Waals surface area (Å²) in [5, 5.41) is 13.0. The Morgan fingerprint density at radius 1 is 1.40 bits per heavy atom. The molecule has 20 heavy (non-hydrogen) atoms. The number of benzene rings is 1. The lowest BCUT2D eigenvalue weighted by Crippen LogP contribution is -2.46. The predicted octanol–water partition coefficient (Wildman–Crippen LogP) is 1.67. The van der Waals surface area contributed by atoms with E-state index < -0.39 is 5.60 Å². The number of carbonyl (C=O) groups is 1. The van der Waals surface area contributed by atoms with E-state index in [9.17, 15) is 9.90 Å². The predicted molar refractivity (Wildman–Crippen MR) is 78.2 cm³/mol. The number of carbonyl (C=O) groups excluding carboxylic acids is 1. The summed E-state index contributed by atoms with van der Waals surface area (Å²) in [7, 11) is 0. The summed E-state index contributed by atoms with van der Waals surface area (Å²) in [5.74, 6) is -0.187. The van der Waals surface area contributed by atoms with Crippen LogP contribution in [0.5, 0.6) is 0 Å². The van der Waals surface area contributed by atoms with Crippen molar-refractivity contribution >= 4 is 12.0 Å². The number of rotatable bonds is 4. The molecule has 1 aromatic carbocycles. The Morgan fingerprint density at radius 2 is 2.10 bits per heavy atom. The van der Waals surface area contributed by atoms with Crippen LogP contribution in [0, 0.1) is 6.92 Å². The van der Waals surface area contributed by atoms with E-state index in [2.05, 4.69) is 5.32 Å². The first-order chi connectivity index (χ1) is 9.59. The van der Waals surface area contributed by atoms with Crippen LogP contribution < -0.4 is 5.32 Å². The molecule has 0 spiro atoms. The largest absolute Gasteiger partial charge is 0.388 e. The van der Waals surface area contributed by atoms with Crippen LogP contribution in [-0.4, -0.2) is 36.4 Å².